The van der Waals surface area contributed by atoms with Crippen LogP contribution < -0.4 is 4.90 Å². The molecule has 0 saturated carbocycles. The van der Waals surface area contributed by atoms with Gasteiger partial charge in [-0.2, -0.15) is 0 Å². The normalized spacial score (nSPS) is 17.3. The number of benzene rings is 1. The lowest BCUT2D eigenvalue weighted by Gasteiger charge is -2.36. The van der Waals surface area contributed by atoms with E-state index >= 15 is 0 Å². The van der Waals surface area contributed by atoms with Crippen LogP contribution in [0.25, 0.3) is 0 Å². The van der Waals surface area contributed by atoms with Crippen LogP contribution in [0.4, 0.5) is 5.69 Å². The zero-order valence-corrected chi connectivity index (χ0v) is 14.7. The molecule has 0 radical (unpaired) electrons. The molecule has 1 aliphatic carbocycles. The second kappa shape index (κ2) is 7.26. The van der Waals surface area contributed by atoms with E-state index < -0.39 is 0 Å². The Hall–Kier alpha value is -2.36. The Bertz CT molecular complexity index is 736. The summed E-state index contributed by atoms with van der Waals surface area (Å²) in [7, 11) is 0. The average Bonchev–Trinajstić information content (AvgIpc) is 2.69. The molecule has 0 unspecified atom stereocenters. The summed E-state index contributed by atoms with van der Waals surface area (Å²) < 4.78 is 0. The number of pyridine rings is 1. The fraction of sp³-hybridized carbons (Fsp3) is 0.429. The number of piperazine rings is 1. The summed E-state index contributed by atoms with van der Waals surface area (Å²) in [5.74, 6) is 0.255. The molecule has 1 aromatic heterocycles. The Morgan fingerprint density at radius 3 is 2.40 bits per heavy atom. The molecule has 4 rings (SSSR count). The lowest BCUT2D eigenvalue weighted by molar-refractivity contribution is -0.130. The summed E-state index contributed by atoms with van der Waals surface area (Å²) in [5, 5.41) is 0. The number of rotatable bonds is 3. The summed E-state index contributed by atoms with van der Waals surface area (Å²) in [6, 6.07) is 10.7. The van der Waals surface area contributed by atoms with Crippen molar-refractivity contribution >= 4 is 11.6 Å². The van der Waals surface area contributed by atoms with Crippen LogP contribution >= 0.6 is 0 Å². The fourth-order valence-electron chi connectivity index (χ4n) is 3.95. The van der Waals surface area contributed by atoms with Gasteiger partial charge in [-0.15, -0.1) is 0 Å². The van der Waals surface area contributed by atoms with Crippen molar-refractivity contribution in [2.45, 2.75) is 32.1 Å². The van der Waals surface area contributed by atoms with Gasteiger partial charge in [-0.25, -0.2) is 0 Å². The minimum Gasteiger partial charge on any atom is -0.368 e. The topological polar surface area (TPSA) is 36.4 Å². The third-order valence-corrected chi connectivity index (χ3v) is 5.43. The van der Waals surface area contributed by atoms with Gasteiger partial charge in [-0.05, 0) is 54.5 Å². The van der Waals surface area contributed by atoms with Crippen LogP contribution in [0.2, 0.25) is 0 Å². The molecule has 1 aromatic carbocycles. The van der Waals surface area contributed by atoms with Crippen LogP contribution in [-0.2, 0) is 24.1 Å². The summed E-state index contributed by atoms with van der Waals surface area (Å²) in [6.07, 6.45) is 9.12. The summed E-state index contributed by atoms with van der Waals surface area (Å²) >= 11 is 0. The molecular weight excluding hydrogens is 310 g/mol. The Morgan fingerprint density at radius 2 is 1.64 bits per heavy atom. The number of carbonyl (C=O) groups is 1. The maximum Gasteiger partial charge on any atom is 0.227 e. The van der Waals surface area contributed by atoms with Crippen LogP contribution in [0.15, 0.2) is 42.7 Å². The first kappa shape index (κ1) is 16.1. The first-order valence-corrected chi connectivity index (χ1v) is 9.33. The molecule has 2 aliphatic rings. The standard InChI is InChI=1S/C21H25N3O/c25-21(16-17-5-6-18-3-1-2-4-19(18)15-17)24-13-11-23(12-14-24)20-7-9-22-10-8-20/h5-10,15H,1-4,11-14,16H2. The smallest absolute Gasteiger partial charge is 0.227 e. The molecule has 1 saturated heterocycles. The minimum absolute atomic E-state index is 0.255. The maximum atomic E-state index is 12.7. The van der Waals surface area contributed by atoms with Gasteiger partial charge in [0.1, 0.15) is 0 Å². The van der Waals surface area contributed by atoms with Gasteiger partial charge in [0.05, 0.1) is 6.42 Å². The molecule has 0 spiro atoms. The van der Waals surface area contributed by atoms with E-state index in [4.69, 9.17) is 0 Å². The summed E-state index contributed by atoms with van der Waals surface area (Å²) in [4.78, 5) is 21.1. The van der Waals surface area contributed by atoms with Crippen molar-refractivity contribution in [3.63, 3.8) is 0 Å². The Kier molecular flexibility index (Phi) is 4.68. The molecule has 2 heterocycles. The number of aryl methyl sites for hydroxylation is 2. The number of fused-ring (bicyclic) bond motifs is 1. The largest absolute Gasteiger partial charge is 0.368 e. The van der Waals surface area contributed by atoms with Crippen molar-refractivity contribution < 1.29 is 4.79 Å². The van der Waals surface area contributed by atoms with Crippen LogP contribution in [0.3, 0.4) is 0 Å². The molecule has 4 nitrogen and oxygen atoms in total. The third kappa shape index (κ3) is 3.68. The zero-order chi connectivity index (χ0) is 17.1. The summed E-state index contributed by atoms with van der Waals surface area (Å²) in [5.41, 5.74) is 5.30. The SMILES string of the molecule is O=C(Cc1ccc2c(c1)CCCC2)N1CCN(c2ccncc2)CC1. The molecule has 0 atom stereocenters. The van der Waals surface area contributed by atoms with Crippen LogP contribution in [0.5, 0.6) is 0 Å². The number of carbonyl (C=O) groups excluding carboxylic acids is 1. The highest BCUT2D eigenvalue weighted by molar-refractivity contribution is 5.79. The number of aromatic nitrogens is 1. The second-order valence-corrected chi connectivity index (χ2v) is 7.06. The first-order chi connectivity index (χ1) is 12.3. The zero-order valence-electron chi connectivity index (χ0n) is 14.7. The third-order valence-electron chi connectivity index (χ3n) is 5.43. The van der Waals surface area contributed by atoms with Gasteiger partial charge in [0, 0.05) is 44.3 Å². The van der Waals surface area contributed by atoms with Crippen molar-refractivity contribution in [1.82, 2.24) is 9.88 Å². The van der Waals surface area contributed by atoms with E-state index in [-0.39, 0.29) is 5.91 Å². The van der Waals surface area contributed by atoms with Gasteiger partial charge in [-0.1, -0.05) is 18.2 Å². The Morgan fingerprint density at radius 1 is 0.920 bits per heavy atom. The molecule has 4 heteroatoms. The average molecular weight is 335 g/mol. The van der Waals surface area contributed by atoms with Gasteiger partial charge >= 0.3 is 0 Å². The number of hydrogen-bond acceptors (Lipinski definition) is 3. The quantitative estimate of drug-likeness (QED) is 0.865. The van der Waals surface area contributed by atoms with Gasteiger partial charge in [0.2, 0.25) is 5.91 Å². The molecule has 25 heavy (non-hydrogen) atoms. The van der Waals surface area contributed by atoms with Gasteiger partial charge in [-0.3, -0.25) is 9.78 Å². The second-order valence-electron chi connectivity index (χ2n) is 7.06. The Labute approximate surface area is 149 Å². The number of amides is 1. The van der Waals surface area contributed by atoms with Crippen molar-refractivity contribution in [2.75, 3.05) is 31.1 Å². The van der Waals surface area contributed by atoms with Crippen LogP contribution in [-0.4, -0.2) is 42.0 Å². The number of nitrogens with zero attached hydrogens (tertiary/aromatic N) is 3. The van der Waals surface area contributed by atoms with E-state index in [9.17, 15) is 4.79 Å². The lowest BCUT2D eigenvalue weighted by atomic mass is 9.90. The predicted octanol–water partition coefficient (Wildman–Crippen LogP) is 2.85. The van der Waals surface area contributed by atoms with Gasteiger partial charge in [0.15, 0.2) is 0 Å². The maximum absolute atomic E-state index is 12.7. The van der Waals surface area contributed by atoms with Crippen LogP contribution in [0, 0.1) is 0 Å². The molecule has 1 amide bonds. The van der Waals surface area contributed by atoms with E-state index in [0.29, 0.717) is 6.42 Å². The van der Waals surface area contributed by atoms with Crippen molar-refractivity contribution in [2.24, 2.45) is 0 Å². The molecular formula is C21H25N3O. The lowest BCUT2D eigenvalue weighted by Crippen LogP contribution is -2.49. The van der Waals surface area contributed by atoms with Crippen molar-refractivity contribution in [3.05, 3.63) is 59.4 Å². The predicted molar refractivity (Wildman–Crippen MR) is 99.8 cm³/mol. The molecule has 1 aliphatic heterocycles. The van der Waals surface area contributed by atoms with E-state index in [1.807, 2.05) is 29.4 Å². The van der Waals surface area contributed by atoms with E-state index in [2.05, 4.69) is 28.1 Å². The molecule has 0 N–H and O–H groups in total. The van der Waals surface area contributed by atoms with E-state index in [1.165, 1.54) is 48.1 Å². The highest BCUT2D eigenvalue weighted by Crippen LogP contribution is 2.23. The molecule has 2 aromatic rings. The van der Waals surface area contributed by atoms with E-state index in [0.717, 1.165) is 26.2 Å². The fourth-order valence-corrected chi connectivity index (χ4v) is 3.95. The first-order valence-electron chi connectivity index (χ1n) is 9.33. The minimum atomic E-state index is 0.255. The van der Waals surface area contributed by atoms with E-state index in [1.54, 1.807) is 0 Å². The van der Waals surface area contributed by atoms with Crippen molar-refractivity contribution in [1.29, 1.82) is 0 Å². The number of hydrogen-bond donors (Lipinski definition) is 0. The van der Waals surface area contributed by atoms with Crippen LogP contribution in [0.1, 0.15) is 29.5 Å². The van der Waals surface area contributed by atoms with Crippen molar-refractivity contribution in [3.8, 4) is 0 Å². The van der Waals surface area contributed by atoms with Gasteiger partial charge < -0.3 is 9.80 Å². The Balaban J connectivity index is 1.35. The molecule has 0 bridgehead atoms. The highest BCUT2D eigenvalue weighted by Gasteiger charge is 2.21. The summed E-state index contributed by atoms with van der Waals surface area (Å²) in [6.45, 7) is 3.37. The molecule has 1 fully saturated rings. The van der Waals surface area contributed by atoms with Gasteiger partial charge in [0.25, 0.3) is 0 Å². The monoisotopic (exact) mass is 335 g/mol. The number of anilines is 1. The highest BCUT2D eigenvalue weighted by atomic mass is 16.2. The molecule has 130 valence electrons.